The highest BCUT2D eigenvalue weighted by molar-refractivity contribution is 5.73. The molecule has 2 rings (SSSR count). The van der Waals surface area contributed by atoms with Crippen molar-refractivity contribution in [2.45, 2.75) is 121 Å². The number of benzene rings is 1. The highest BCUT2D eigenvalue weighted by atomic mass is 16.6. The third-order valence-electron chi connectivity index (χ3n) is 6.42. The average molecular weight is 419 g/mol. The number of hydrogen-bond donors (Lipinski definition) is 2. The smallest absolute Gasteiger partial charge is 0.309 e. The van der Waals surface area contributed by atoms with Gasteiger partial charge < -0.3 is 14.9 Å². The van der Waals surface area contributed by atoms with Gasteiger partial charge in [-0.2, -0.15) is 0 Å². The second-order valence-electron chi connectivity index (χ2n) is 9.70. The molecule has 170 valence electrons. The fourth-order valence-electron chi connectivity index (χ4n) is 4.64. The number of cyclic esters (lactones) is 1. The molecule has 3 unspecified atom stereocenters. The van der Waals surface area contributed by atoms with Crippen molar-refractivity contribution in [1.29, 1.82) is 0 Å². The first-order chi connectivity index (χ1) is 14.3. The Morgan fingerprint density at radius 3 is 2.03 bits per heavy atom. The van der Waals surface area contributed by atoms with Crippen molar-refractivity contribution in [3.05, 3.63) is 35.9 Å². The van der Waals surface area contributed by atoms with Crippen LogP contribution in [0.2, 0.25) is 0 Å². The molecule has 0 saturated carbocycles. The lowest BCUT2D eigenvalue weighted by Gasteiger charge is -2.34. The highest BCUT2D eigenvalue weighted by Crippen LogP contribution is 2.36. The minimum absolute atomic E-state index is 0.0274. The molecule has 0 spiro atoms. The van der Waals surface area contributed by atoms with Gasteiger partial charge in [0.25, 0.3) is 0 Å². The van der Waals surface area contributed by atoms with E-state index in [1.807, 2.05) is 0 Å². The van der Waals surface area contributed by atoms with Crippen molar-refractivity contribution >= 4 is 5.97 Å². The van der Waals surface area contributed by atoms with E-state index >= 15 is 0 Å². The molecule has 1 heterocycles. The molecular weight excluding hydrogens is 376 g/mol. The van der Waals surface area contributed by atoms with Gasteiger partial charge in [0.2, 0.25) is 0 Å². The van der Waals surface area contributed by atoms with E-state index in [2.05, 4.69) is 30.3 Å². The van der Waals surface area contributed by atoms with Crippen LogP contribution in [0.3, 0.4) is 0 Å². The number of esters is 1. The van der Waals surface area contributed by atoms with Gasteiger partial charge in [-0.05, 0) is 38.7 Å². The third kappa shape index (κ3) is 9.18. The summed E-state index contributed by atoms with van der Waals surface area (Å²) in [4.78, 5) is 11.4. The Kier molecular flexibility index (Phi) is 10.3. The lowest BCUT2D eigenvalue weighted by Crippen LogP contribution is -2.44. The monoisotopic (exact) mass is 418 g/mol. The topological polar surface area (TPSA) is 66.8 Å². The predicted octanol–water partition coefficient (Wildman–Crippen LogP) is 5.73. The minimum atomic E-state index is -0.957. The maximum atomic E-state index is 11.4. The molecule has 1 aromatic rings. The molecule has 3 atom stereocenters. The van der Waals surface area contributed by atoms with Crippen molar-refractivity contribution in [3.63, 3.8) is 0 Å². The van der Waals surface area contributed by atoms with Crippen LogP contribution in [0.5, 0.6) is 0 Å². The van der Waals surface area contributed by atoms with Crippen molar-refractivity contribution in [1.82, 2.24) is 0 Å². The summed E-state index contributed by atoms with van der Waals surface area (Å²) >= 11 is 0. The van der Waals surface area contributed by atoms with E-state index in [1.54, 1.807) is 13.8 Å². The first kappa shape index (κ1) is 24.9. The summed E-state index contributed by atoms with van der Waals surface area (Å²) in [6.07, 6.45) is 13.8. The molecule has 0 bridgehead atoms. The van der Waals surface area contributed by atoms with Gasteiger partial charge in [0, 0.05) is 6.42 Å². The summed E-state index contributed by atoms with van der Waals surface area (Å²) in [7, 11) is 0. The average Bonchev–Trinajstić information content (AvgIpc) is 2.93. The molecule has 0 aromatic heterocycles. The number of ether oxygens (including phenoxy) is 1. The molecule has 0 aliphatic carbocycles. The third-order valence-corrected chi connectivity index (χ3v) is 6.42. The first-order valence-electron chi connectivity index (χ1n) is 12.0. The molecular formula is C26H42O4. The van der Waals surface area contributed by atoms with Crippen molar-refractivity contribution in [2.75, 3.05) is 0 Å². The first-order valence-corrected chi connectivity index (χ1v) is 12.0. The second kappa shape index (κ2) is 12.5. The van der Waals surface area contributed by atoms with Gasteiger partial charge in [0.15, 0.2) is 0 Å². The molecule has 1 aliphatic heterocycles. The standard InChI is InChI=1S/C26H42O4/c1-25(29,21-26(2)23(27)20-24(28)30-26)19-15-10-8-6-4-3-5-7-9-12-16-22-17-13-11-14-18-22/h11,13-14,17-18,23,27,29H,3-10,12,15-16,19-21H2,1-2H3. The fraction of sp³-hybridized carbons (Fsp3) is 0.731. The van der Waals surface area contributed by atoms with Crippen molar-refractivity contribution < 1.29 is 19.7 Å². The number of carbonyl (C=O) groups is 1. The maximum absolute atomic E-state index is 11.4. The van der Waals surface area contributed by atoms with Gasteiger partial charge in [-0.1, -0.05) is 88.1 Å². The van der Waals surface area contributed by atoms with Crippen molar-refractivity contribution in [3.8, 4) is 0 Å². The zero-order valence-corrected chi connectivity index (χ0v) is 19.1. The van der Waals surface area contributed by atoms with E-state index < -0.39 is 17.3 Å². The molecule has 4 heteroatoms. The van der Waals surface area contributed by atoms with E-state index in [4.69, 9.17) is 4.74 Å². The Balaban J connectivity index is 1.42. The van der Waals surface area contributed by atoms with Crippen LogP contribution >= 0.6 is 0 Å². The molecule has 30 heavy (non-hydrogen) atoms. The normalized spacial score (nSPS) is 23.3. The van der Waals surface area contributed by atoms with E-state index in [-0.39, 0.29) is 18.8 Å². The summed E-state index contributed by atoms with van der Waals surface area (Å²) in [6, 6.07) is 10.7. The van der Waals surface area contributed by atoms with Gasteiger partial charge in [0.05, 0.1) is 12.0 Å². The summed E-state index contributed by atoms with van der Waals surface area (Å²) in [5.41, 5.74) is -0.423. The summed E-state index contributed by atoms with van der Waals surface area (Å²) in [6.45, 7) is 3.51. The number of unbranched alkanes of at least 4 members (excludes halogenated alkanes) is 9. The quantitative estimate of drug-likeness (QED) is 0.282. The molecule has 4 nitrogen and oxygen atoms in total. The number of hydrogen-bond acceptors (Lipinski definition) is 4. The summed E-state index contributed by atoms with van der Waals surface area (Å²) < 4.78 is 5.28. The van der Waals surface area contributed by atoms with Gasteiger partial charge in [-0.15, -0.1) is 0 Å². The number of aryl methyl sites for hydroxylation is 1. The molecule has 0 amide bonds. The van der Waals surface area contributed by atoms with Gasteiger partial charge >= 0.3 is 5.97 Å². The van der Waals surface area contributed by atoms with Gasteiger partial charge in [-0.25, -0.2) is 0 Å². The molecule has 1 saturated heterocycles. The van der Waals surface area contributed by atoms with Gasteiger partial charge in [0.1, 0.15) is 11.7 Å². The Morgan fingerprint density at radius 2 is 1.50 bits per heavy atom. The fourth-order valence-corrected chi connectivity index (χ4v) is 4.64. The van der Waals surface area contributed by atoms with Crippen LogP contribution in [0.25, 0.3) is 0 Å². The number of carbonyl (C=O) groups excluding carboxylic acids is 1. The number of rotatable bonds is 15. The van der Waals surface area contributed by atoms with Crippen molar-refractivity contribution in [2.24, 2.45) is 0 Å². The summed E-state index contributed by atoms with van der Waals surface area (Å²) in [5.74, 6) is -0.378. The molecule has 1 aliphatic rings. The molecule has 2 N–H and O–H groups in total. The second-order valence-corrected chi connectivity index (χ2v) is 9.70. The predicted molar refractivity (Wildman–Crippen MR) is 121 cm³/mol. The van der Waals surface area contributed by atoms with Gasteiger partial charge in [-0.3, -0.25) is 4.79 Å². The lowest BCUT2D eigenvalue weighted by atomic mass is 9.83. The zero-order valence-electron chi connectivity index (χ0n) is 19.1. The Hall–Kier alpha value is -1.39. The Labute approximate surface area is 183 Å². The van der Waals surface area contributed by atoms with Crippen LogP contribution in [0.4, 0.5) is 0 Å². The van der Waals surface area contributed by atoms with Crippen LogP contribution < -0.4 is 0 Å². The van der Waals surface area contributed by atoms with E-state index in [9.17, 15) is 15.0 Å². The van der Waals surface area contributed by atoms with Crippen LogP contribution in [0.1, 0.15) is 103 Å². The minimum Gasteiger partial charge on any atom is -0.456 e. The molecule has 1 fully saturated rings. The largest absolute Gasteiger partial charge is 0.456 e. The van der Waals surface area contributed by atoms with E-state index in [0.717, 1.165) is 12.8 Å². The van der Waals surface area contributed by atoms with E-state index in [1.165, 1.54) is 63.4 Å². The summed E-state index contributed by atoms with van der Waals surface area (Å²) in [5, 5.41) is 20.7. The molecule has 0 radical (unpaired) electrons. The van der Waals surface area contributed by atoms with Crippen LogP contribution in [0.15, 0.2) is 30.3 Å². The zero-order chi connectivity index (χ0) is 21.9. The molecule has 1 aromatic carbocycles. The lowest BCUT2D eigenvalue weighted by molar-refractivity contribution is -0.155. The van der Waals surface area contributed by atoms with Crippen LogP contribution in [-0.4, -0.2) is 33.5 Å². The number of aliphatic hydroxyl groups excluding tert-OH is 1. The van der Waals surface area contributed by atoms with E-state index in [0.29, 0.717) is 6.42 Å². The SMILES string of the molecule is CC(O)(CCCCCCCCCCCCc1ccccc1)CC1(C)OC(=O)CC1O. The Morgan fingerprint density at radius 1 is 0.967 bits per heavy atom. The maximum Gasteiger partial charge on any atom is 0.309 e. The van der Waals surface area contributed by atoms with Crippen LogP contribution in [-0.2, 0) is 16.0 Å². The van der Waals surface area contributed by atoms with Crippen LogP contribution in [0, 0.1) is 0 Å². The number of aliphatic hydroxyl groups is 2. The highest BCUT2D eigenvalue weighted by Gasteiger charge is 2.48. The Bertz CT molecular complexity index is 613.